The zero-order valence-electron chi connectivity index (χ0n) is 25.5. The Kier molecular flexibility index (Phi) is 10.1. The number of hydrogen-bond donors (Lipinski definition) is 0. The number of hydrogen-bond acceptors (Lipinski definition) is 8. The molecule has 0 atom stereocenters. The van der Waals surface area contributed by atoms with Gasteiger partial charge in [-0.1, -0.05) is 12.1 Å². The molecule has 2 heterocycles. The minimum absolute atomic E-state index is 0.0240. The molecule has 0 unspecified atom stereocenters. The highest BCUT2D eigenvalue weighted by Crippen LogP contribution is 2.51. The molecule has 222 valence electrons. The molecule has 4 rings (SSSR count). The van der Waals surface area contributed by atoms with Crippen LogP contribution in [0, 0.1) is 0 Å². The van der Waals surface area contributed by atoms with E-state index in [-0.39, 0.29) is 36.6 Å². The molecule has 0 aliphatic rings. The highest BCUT2D eigenvalue weighted by molar-refractivity contribution is 7.25. The van der Waals surface area contributed by atoms with Gasteiger partial charge in [-0.15, -0.1) is 22.7 Å². The van der Waals surface area contributed by atoms with Crippen molar-refractivity contribution in [3.05, 3.63) is 59.7 Å². The standard InChI is InChI=1S/C34H38O6S2/c1-19(2)39-27-13-9-11-25(37-7)31(27)29-17-23(15-21(5)35)33(41-29)30-18-24(16-22(6)36)34(42-30)32-26(38-8)12-10-14-28(32)40-20(3)4/h9-14,17-20H,15-16H2,1-8H3. The van der Waals surface area contributed by atoms with Gasteiger partial charge in [0.1, 0.15) is 34.6 Å². The first-order chi connectivity index (χ1) is 20.0. The fourth-order valence-electron chi connectivity index (χ4n) is 4.84. The minimum Gasteiger partial charge on any atom is -0.496 e. The number of ketones is 2. The Morgan fingerprint density at radius 3 is 1.57 bits per heavy atom. The highest BCUT2D eigenvalue weighted by atomic mass is 32.1. The SMILES string of the molecule is COc1cccc(OC(C)C)c1-c1cc(CC(C)=O)c(-c2cc(CC(C)=O)c(-c3c(OC)cccc3OC(C)C)s2)s1. The number of carbonyl (C=O) groups is 2. The molecule has 2 aromatic heterocycles. The van der Waals surface area contributed by atoms with Crippen LogP contribution >= 0.6 is 22.7 Å². The van der Waals surface area contributed by atoms with Crippen LogP contribution in [0.5, 0.6) is 23.0 Å². The lowest BCUT2D eigenvalue weighted by atomic mass is 10.0. The summed E-state index contributed by atoms with van der Waals surface area (Å²) >= 11 is 3.17. The van der Waals surface area contributed by atoms with Gasteiger partial charge in [0.15, 0.2) is 0 Å². The van der Waals surface area contributed by atoms with E-state index in [4.69, 9.17) is 18.9 Å². The van der Waals surface area contributed by atoms with E-state index in [2.05, 4.69) is 12.1 Å². The predicted octanol–water partition coefficient (Wildman–Crippen LogP) is 8.67. The normalized spacial score (nSPS) is 11.2. The van der Waals surface area contributed by atoms with Crippen molar-refractivity contribution in [2.24, 2.45) is 0 Å². The molecular formula is C34H38O6S2. The summed E-state index contributed by atoms with van der Waals surface area (Å²) in [6.07, 6.45) is 0.484. The molecule has 0 saturated carbocycles. The molecule has 0 aliphatic carbocycles. The summed E-state index contributed by atoms with van der Waals surface area (Å²) in [5.74, 6) is 2.91. The molecule has 0 bridgehead atoms. The molecule has 8 heteroatoms. The Labute approximate surface area is 256 Å². The fourth-order valence-corrected chi connectivity index (χ4v) is 7.45. The highest BCUT2D eigenvalue weighted by Gasteiger charge is 2.25. The maximum atomic E-state index is 12.4. The van der Waals surface area contributed by atoms with Gasteiger partial charge >= 0.3 is 0 Å². The summed E-state index contributed by atoms with van der Waals surface area (Å²) < 4.78 is 23.9. The molecule has 2 aromatic carbocycles. The van der Waals surface area contributed by atoms with E-state index in [0.717, 1.165) is 47.5 Å². The van der Waals surface area contributed by atoms with Crippen molar-refractivity contribution in [3.8, 4) is 53.6 Å². The van der Waals surface area contributed by atoms with Crippen LogP contribution in [0.25, 0.3) is 30.6 Å². The van der Waals surface area contributed by atoms with E-state index in [1.54, 1.807) is 50.7 Å². The molecule has 0 fully saturated rings. The molecule has 0 spiro atoms. The van der Waals surface area contributed by atoms with E-state index in [0.29, 0.717) is 17.2 Å². The fraction of sp³-hybridized carbons (Fsp3) is 0.353. The summed E-state index contributed by atoms with van der Waals surface area (Å²) in [4.78, 5) is 28.7. The van der Waals surface area contributed by atoms with Crippen molar-refractivity contribution >= 4 is 34.2 Å². The Morgan fingerprint density at radius 1 is 0.643 bits per heavy atom. The summed E-state index contributed by atoms with van der Waals surface area (Å²) in [6.45, 7) is 11.1. The van der Waals surface area contributed by atoms with Crippen molar-refractivity contribution in [2.75, 3.05) is 14.2 Å². The van der Waals surface area contributed by atoms with E-state index < -0.39 is 0 Å². The van der Waals surface area contributed by atoms with Gasteiger partial charge in [0.25, 0.3) is 0 Å². The van der Waals surface area contributed by atoms with Crippen LogP contribution in [-0.4, -0.2) is 38.0 Å². The van der Waals surface area contributed by atoms with Gasteiger partial charge < -0.3 is 18.9 Å². The number of thiophene rings is 2. The first-order valence-electron chi connectivity index (χ1n) is 13.9. The van der Waals surface area contributed by atoms with Crippen molar-refractivity contribution in [2.45, 2.75) is 66.6 Å². The molecule has 0 radical (unpaired) electrons. The third kappa shape index (κ3) is 7.05. The first-order valence-corrected chi connectivity index (χ1v) is 15.6. The van der Waals surface area contributed by atoms with E-state index >= 15 is 0 Å². The zero-order valence-corrected chi connectivity index (χ0v) is 27.1. The molecule has 42 heavy (non-hydrogen) atoms. The molecule has 0 N–H and O–H groups in total. The number of ether oxygens (including phenoxy) is 4. The number of rotatable bonds is 13. The zero-order chi connectivity index (χ0) is 30.6. The quantitative estimate of drug-likeness (QED) is 0.152. The van der Waals surface area contributed by atoms with Gasteiger partial charge in [-0.3, -0.25) is 9.59 Å². The van der Waals surface area contributed by atoms with Crippen LogP contribution in [0.2, 0.25) is 0 Å². The van der Waals surface area contributed by atoms with Crippen LogP contribution in [-0.2, 0) is 22.4 Å². The minimum atomic E-state index is -0.0447. The van der Waals surface area contributed by atoms with Crippen molar-refractivity contribution in [1.82, 2.24) is 0 Å². The third-order valence-electron chi connectivity index (χ3n) is 6.34. The van der Waals surface area contributed by atoms with Crippen molar-refractivity contribution < 1.29 is 28.5 Å². The van der Waals surface area contributed by atoms with E-state index in [1.807, 2.05) is 64.1 Å². The van der Waals surface area contributed by atoms with Gasteiger partial charge in [0.2, 0.25) is 0 Å². The third-order valence-corrected chi connectivity index (χ3v) is 8.90. The number of Topliss-reactive ketones (excluding diaryl/α,β-unsaturated/α-hetero) is 2. The molecule has 0 amide bonds. The molecule has 0 aliphatic heterocycles. The van der Waals surface area contributed by atoms with Crippen molar-refractivity contribution in [1.29, 1.82) is 0 Å². The summed E-state index contributed by atoms with van der Waals surface area (Å²) in [5, 5.41) is 0. The summed E-state index contributed by atoms with van der Waals surface area (Å²) in [7, 11) is 3.28. The smallest absolute Gasteiger partial charge is 0.134 e. The second kappa shape index (κ2) is 13.6. The predicted molar refractivity (Wildman–Crippen MR) is 172 cm³/mol. The first kappa shape index (κ1) is 31.3. The average Bonchev–Trinajstić information content (AvgIpc) is 3.50. The second-order valence-electron chi connectivity index (χ2n) is 10.7. The van der Waals surface area contributed by atoms with E-state index in [1.165, 1.54) is 0 Å². The Bertz CT molecular complexity index is 1580. The van der Waals surface area contributed by atoms with Crippen LogP contribution < -0.4 is 18.9 Å². The van der Waals surface area contributed by atoms with Crippen LogP contribution in [0.3, 0.4) is 0 Å². The van der Waals surface area contributed by atoms with Gasteiger partial charge in [0, 0.05) is 32.4 Å². The summed E-state index contributed by atoms with van der Waals surface area (Å²) in [5.41, 5.74) is 3.49. The maximum Gasteiger partial charge on any atom is 0.134 e. The topological polar surface area (TPSA) is 71.1 Å². The molecule has 4 aromatic rings. The Morgan fingerprint density at radius 2 is 1.07 bits per heavy atom. The lowest BCUT2D eigenvalue weighted by Gasteiger charge is -2.17. The van der Waals surface area contributed by atoms with Crippen LogP contribution in [0.15, 0.2) is 48.5 Å². The number of carbonyl (C=O) groups excluding carboxylic acids is 2. The number of benzene rings is 2. The number of methoxy groups -OCH3 is 2. The lowest BCUT2D eigenvalue weighted by molar-refractivity contribution is -0.117. The Hall–Kier alpha value is -3.62. The van der Waals surface area contributed by atoms with Crippen LogP contribution in [0.4, 0.5) is 0 Å². The largest absolute Gasteiger partial charge is 0.496 e. The monoisotopic (exact) mass is 606 g/mol. The van der Waals surface area contributed by atoms with E-state index in [9.17, 15) is 9.59 Å². The second-order valence-corrected chi connectivity index (χ2v) is 12.8. The van der Waals surface area contributed by atoms with Gasteiger partial charge in [-0.05, 0) is 89.1 Å². The van der Waals surface area contributed by atoms with Gasteiger partial charge in [-0.25, -0.2) is 0 Å². The molecular weight excluding hydrogens is 569 g/mol. The van der Waals surface area contributed by atoms with Crippen LogP contribution in [0.1, 0.15) is 52.7 Å². The van der Waals surface area contributed by atoms with Gasteiger partial charge in [0.05, 0.1) is 37.6 Å². The molecule has 6 nitrogen and oxygen atoms in total. The van der Waals surface area contributed by atoms with Crippen molar-refractivity contribution in [3.63, 3.8) is 0 Å². The molecule has 0 saturated heterocycles. The Balaban J connectivity index is 1.97. The maximum absolute atomic E-state index is 12.4. The average molecular weight is 607 g/mol. The lowest BCUT2D eigenvalue weighted by Crippen LogP contribution is -2.07. The van der Waals surface area contributed by atoms with Gasteiger partial charge in [-0.2, -0.15) is 0 Å². The summed E-state index contributed by atoms with van der Waals surface area (Å²) in [6, 6.07) is 15.6.